The molecule has 152 valence electrons. The number of benzene rings is 2. The van der Waals surface area contributed by atoms with Gasteiger partial charge >= 0.3 is 0 Å². The van der Waals surface area contributed by atoms with Crippen molar-refractivity contribution in [3.63, 3.8) is 0 Å². The Hall–Kier alpha value is -3.34. The molecule has 0 unspecified atom stereocenters. The van der Waals surface area contributed by atoms with E-state index in [4.69, 9.17) is 4.98 Å². The second-order valence-electron chi connectivity index (χ2n) is 7.75. The molecule has 4 rings (SSSR count). The fourth-order valence-electron chi connectivity index (χ4n) is 3.81. The van der Waals surface area contributed by atoms with Crippen LogP contribution in [0.2, 0.25) is 0 Å². The Morgan fingerprint density at radius 1 is 0.933 bits per heavy atom. The van der Waals surface area contributed by atoms with Crippen LogP contribution in [-0.4, -0.2) is 25.6 Å². The number of tetrazole rings is 1. The van der Waals surface area contributed by atoms with Crippen molar-refractivity contribution in [3.8, 4) is 22.5 Å². The largest absolute Gasteiger partial charge is 0.261 e. The topological polar surface area (TPSA) is 67.3 Å². The minimum Gasteiger partial charge on any atom is -0.261 e. The standard InChI is InChI=1S/C25H27N5/c1-4-5-10-24-23(18(3)17(2)16-26-24)15-19-11-13-20(14-12-19)21-8-6-7-9-22(21)25-27-29-30-28-25/h6-9,11-14,16H,4-5,10,15H2,1-3H3,(H,27,28,29,30). The van der Waals surface area contributed by atoms with Crippen molar-refractivity contribution in [2.24, 2.45) is 0 Å². The molecule has 5 nitrogen and oxygen atoms in total. The fraction of sp³-hybridized carbons (Fsp3) is 0.280. The van der Waals surface area contributed by atoms with Crippen LogP contribution >= 0.6 is 0 Å². The first-order valence-corrected chi connectivity index (χ1v) is 10.5. The summed E-state index contributed by atoms with van der Waals surface area (Å²) in [7, 11) is 0. The summed E-state index contributed by atoms with van der Waals surface area (Å²) >= 11 is 0. The Morgan fingerprint density at radius 2 is 1.70 bits per heavy atom. The Labute approximate surface area is 177 Å². The lowest BCUT2D eigenvalue weighted by Crippen LogP contribution is -2.04. The van der Waals surface area contributed by atoms with Crippen molar-refractivity contribution in [1.29, 1.82) is 0 Å². The summed E-state index contributed by atoms with van der Waals surface area (Å²) in [4.78, 5) is 4.76. The highest BCUT2D eigenvalue weighted by atomic mass is 15.5. The molecule has 0 aliphatic carbocycles. The van der Waals surface area contributed by atoms with E-state index in [1.807, 2.05) is 24.4 Å². The maximum atomic E-state index is 4.76. The van der Waals surface area contributed by atoms with Gasteiger partial charge in [-0.2, -0.15) is 5.21 Å². The summed E-state index contributed by atoms with van der Waals surface area (Å²) in [6.07, 6.45) is 6.33. The predicted molar refractivity (Wildman–Crippen MR) is 120 cm³/mol. The lowest BCUT2D eigenvalue weighted by molar-refractivity contribution is 0.765. The van der Waals surface area contributed by atoms with E-state index in [9.17, 15) is 0 Å². The molecule has 0 saturated heterocycles. The van der Waals surface area contributed by atoms with Crippen LogP contribution < -0.4 is 0 Å². The highest BCUT2D eigenvalue weighted by Gasteiger charge is 2.13. The molecule has 0 bridgehead atoms. The van der Waals surface area contributed by atoms with Gasteiger partial charge in [0, 0.05) is 17.5 Å². The average molecular weight is 398 g/mol. The van der Waals surface area contributed by atoms with Gasteiger partial charge in [-0.3, -0.25) is 4.98 Å². The van der Waals surface area contributed by atoms with Gasteiger partial charge in [0.15, 0.2) is 0 Å². The van der Waals surface area contributed by atoms with E-state index in [2.05, 4.69) is 71.7 Å². The number of aromatic amines is 1. The number of nitrogens with zero attached hydrogens (tertiary/aromatic N) is 4. The first-order chi connectivity index (χ1) is 14.7. The number of aryl methyl sites for hydroxylation is 2. The Bertz CT molecular complexity index is 1120. The maximum absolute atomic E-state index is 4.76. The maximum Gasteiger partial charge on any atom is 0.205 e. The fourth-order valence-corrected chi connectivity index (χ4v) is 3.81. The molecular formula is C25H27N5. The van der Waals surface area contributed by atoms with Crippen molar-refractivity contribution in [3.05, 3.63) is 82.7 Å². The Morgan fingerprint density at radius 3 is 2.40 bits per heavy atom. The lowest BCUT2D eigenvalue weighted by atomic mass is 9.93. The van der Waals surface area contributed by atoms with E-state index < -0.39 is 0 Å². The van der Waals surface area contributed by atoms with Gasteiger partial charge < -0.3 is 0 Å². The predicted octanol–water partition coefficient (Wildman–Crippen LogP) is 5.48. The van der Waals surface area contributed by atoms with Crippen LogP contribution in [0.1, 0.15) is 47.7 Å². The number of unbranched alkanes of at least 4 members (excludes halogenated alkanes) is 1. The van der Waals surface area contributed by atoms with Crippen molar-refractivity contribution in [2.45, 2.75) is 46.5 Å². The molecule has 0 fully saturated rings. The van der Waals surface area contributed by atoms with Crippen molar-refractivity contribution in [2.75, 3.05) is 0 Å². The molecule has 2 aromatic carbocycles. The number of aromatic nitrogens is 5. The van der Waals surface area contributed by atoms with Gasteiger partial charge in [-0.25, -0.2) is 0 Å². The van der Waals surface area contributed by atoms with Gasteiger partial charge in [0.2, 0.25) is 5.82 Å². The summed E-state index contributed by atoms with van der Waals surface area (Å²) in [6, 6.07) is 16.9. The van der Waals surface area contributed by atoms with Crippen LogP contribution in [0.3, 0.4) is 0 Å². The Kier molecular flexibility index (Phi) is 5.98. The smallest absolute Gasteiger partial charge is 0.205 e. The molecule has 2 heterocycles. The number of nitrogens with one attached hydrogen (secondary N) is 1. The molecule has 0 aliphatic rings. The molecule has 1 N–H and O–H groups in total. The van der Waals surface area contributed by atoms with Crippen LogP contribution in [0.4, 0.5) is 0 Å². The van der Waals surface area contributed by atoms with Crippen molar-refractivity contribution < 1.29 is 0 Å². The molecular weight excluding hydrogens is 370 g/mol. The van der Waals surface area contributed by atoms with Gasteiger partial charge in [0.1, 0.15) is 0 Å². The van der Waals surface area contributed by atoms with Gasteiger partial charge in [0.05, 0.1) is 0 Å². The monoisotopic (exact) mass is 397 g/mol. The molecule has 4 aromatic rings. The highest BCUT2D eigenvalue weighted by Crippen LogP contribution is 2.30. The number of hydrogen-bond acceptors (Lipinski definition) is 4. The molecule has 30 heavy (non-hydrogen) atoms. The molecule has 0 radical (unpaired) electrons. The number of rotatable bonds is 7. The van der Waals surface area contributed by atoms with Gasteiger partial charge in [-0.05, 0) is 71.7 Å². The molecule has 2 aromatic heterocycles. The third-order valence-corrected chi connectivity index (χ3v) is 5.73. The third kappa shape index (κ3) is 4.15. The first-order valence-electron chi connectivity index (χ1n) is 10.5. The van der Waals surface area contributed by atoms with E-state index in [0.717, 1.165) is 29.5 Å². The number of H-pyrrole nitrogens is 1. The summed E-state index contributed by atoms with van der Waals surface area (Å²) in [6.45, 7) is 6.59. The van der Waals surface area contributed by atoms with E-state index in [1.54, 1.807) is 0 Å². The highest BCUT2D eigenvalue weighted by molar-refractivity contribution is 5.80. The number of pyridine rings is 1. The quantitative estimate of drug-likeness (QED) is 0.448. The summed E-state index contributed by atoms with van der Waals surface area (Å²) < 4.78 is 0. The second-order valence-corrected chi connectivity index (χ2v) is 7.75. The second kappa shape index (κ2) is 8.99. The van der Waals surface area contributed by atoms with E-state index >= 15 is 0 Å². The first kappa shape index (κ1) is 20.0. The molecule has 0 amide bonds. The minimum atomic E-state index is 0.608. The summed E-state index contributed by atoms with van der Waals surface area (Å²) in [5, 5.41) is 14.5. The average Bonchev–Trinajstić information content (AvgIpc) is 3.32. The molecule has 0 spiro atoms. The normalized spacial score (nSPS) is 11.0. The van der Waals surface area contributed by atoms with E-state index in [1.165, 1.54) is 40.8 Å². The van der Waals surface area contributed by atoms with Gasteiger partial charge in [-0.1, -0.05) is 61.9 Å². The lowest BCUT2D eigenvalue weighted by Gasteiger charge is -2.15. The zero-order chi connectivity index (χ0) is 20.9. The van der Waals surface area contributed by atoms with Gasteiger partial charge in [-0.15, -0.1) is 10.2 Å². The van der Waals surface area contributed by atoms with Crippen molar-refractivity contribution in [1.82, 2.24) is 25.6 Å². The molecule has 5 heteroatoms. The van der Waals surface area contributed by atoms with Crippen LogP contribution in [0.15, 0.2) is 54.7 Å². The SMILES string of the molecule is CCCCc1ncc(C)c(C)c1Cc1ccc(-c2ccccc2-c2nn[nH]n2)cc1. The van der Waals surface area contributed by atoms with Gasteiger partial charge in [0.25, 0.3) is 0 Å². The van der Waals surface area contributed by atoms with E-state index in [-0.39, 0.29) is 0 Å². The van der Waals surface area contributed by atoms with Crippen LogP contribution in [0.5, 0.6) is 0 Å². The third-order valence-electron chi connectivity index (χ3n) is 5.73. The summed E-state index contributed by atoms with van der Waals surface area (Å²) in [5.74, 6) is 0.608. The Balaban J connectivity index is 1.63. The zero-order valence-electron chi connectivity index (χ0n) is 17.8. The van der Waals surface area contributed by atoms with Crippen LogP contribution in [-0.2, 0) is 12.8 Å². The molecule has 0 saturated carbocycles. The summed E-state index contributed by atoms with van der Waals surface area (Å²) in [5.41, 5.74) is 9.75. The van der Waals surface area contributed by atoms with Crippen LogP contribution in [0.25, 0.3) is 22.5 Å². The molecule has 0 aliphatic heterocycles. The zero-order valence-corrected chi connectivity index (χ0v) is 17.8. The number of hydrogen-bond donors (Lipinski definition) is 1. The molecule has 0 atom stereocenters. The van der Waals surface area contributed by atoms with Crippen LogP contribution in [0, 0.1) is 13.8 Å². The minimum absolute atomic E-state index is 0.608. The van der Waals surface area contributed by atoms with E-state index in [0.29, 0.717) is 5.82 Å². The van der Waals surface area contributed by atoms with Crippen molar-refractivity contribution >= 4 is 0 Å².